The van der Waals surface area contributed by atoms with Gasteiger partial charge in [0.25, 0.3) is 0 Å². The first-order valence-corrected chi connectivity index (χ1v) is 12.2. The van der Waals surface area contributed by atoms with Crippen molar-refractivity contribution in [3.8, 4) is 11.5 Å². The summed E-state index contributed by atoms with van der Waals surface area (Å²) in [5.74, 6) is -3.99. The van der Waals surface area contributed by atoms with Crippen LogP contribution in [0.25, 0.3) is 10.9 Å². The Hall–Kier alpha value is -2.95. The Labute approximate surface area is 212 Å². The fourth-order valence-corrected chi connectivity index (χ4v) is 4.88. The van der Waals surface area contributed by atoms with Crippen molar-refractivity contribution in [1.82, 2.24) is 9.88 Å². The highest BCUT2D eigenvalue weighted by molar-refractivity contribution is 5.84. The van der Waals surface area contributed by atoms with Crippen molar-refractivity contribution < 1.29 is 37.2 Å². The van der Waals surface area contributed by atoms with Crippen molar-refractivity contribution in [2.24, 2.45) is 5.41 Å². The zero-order valence-electron chi connectivity index (χ0n) is 20.5. The molecule has 1 atom stereocenters. The van der Waals surface area contributed by atoms with Gasteiger partial charge in [0.2, 0.25) is 5.82 Å². The molecule has 4 rings (SSSR count). The van der Waals surface area contributed by atoms with E-state index in [1.165, 1.54) is 7.11 Å². The number of halogens is 4. The van der Waals surface area contributed by atoms with Gasteiger partial charge < -0.3 is 19.7 Å². The molecule has 6 nitrogen and oxygen atoms in total. The summed E-state index contributed by atoms with van der Waals surface area (Å²) in [6.45, 7) is 1.61. The molecular formula is C27H30F4N2O4. The van der Waals surface area contributed by atoms with Gasteiger partial charge in [-0.25, -0.2) is 13.2 Å². The first kappa shape index (κ1) is 27.1. The molecule has 1 aliphatic rings. The molecular weight excluding hydrogens is 492 g/mol. The van der Waals surface area contributed by atoms with Gasteiger partial charge in [-0.2, -0.15) is 4.39 Å². The number of nitrogens with zero attached hydrogens (tertiary/aromatic N) is 2. The Morgan fingerprint density at radius 1 is 1.08 bits per heavy atom. The number of benzene rings is 2. The highest BCUT2D eigenvalue weighted by Gasteiger charge is 2.35. The van der Waals surface area contributed by atoms with E-state index in [0.29, 0.717) is 61.6 Å². The molecule has 0 saturated carbocycles. The number of aliphatic hydroxyl groups is 2. The van der Waals surface area contributed by atoms with E-state index in [0.717, 1.165) is 12.3 Å². The van der Waals surface area contributed by atoms with Crippen LogP contribution in [0.1, 0.15) is 37.4 Å². The summed E-state index contributed by atoms with van der Waals surface area (Å²) < 4.78 is 65.6. The van der Waals surface area contributed by atoms with E-state index in [1.54, 1.807) is 18.2 Å². The van der Waals surface area contributed by atoms with E-state index in [-0.39, 0.29) is 25.2 Å². The SMILES string of the molecule is COc1ccc2ncc(F)c([C@H](O)CCC3(CO)CCN(CCOc4cc(F)cc(F)c4F)CC3)c2c1. The molecule has 0 amide bonds. The van der Waals surface area contributed by atoms with Crippen molar-refractivity contribution in [3.63, 3.8) is 0 Å². The van der Waals surface area contributed by atoms with E-state index in [2.05, 4.69) is 9.88 Å². The number of pyridine rings is 1. The summed E-state index contributed by atoms with van der Waals surface area (Å²) >= 11 is 0. The molecule has 0 unspecified atom stereocenters. The number of fused-ring (bicyclic) bond motifs is 1. The second-order valence-electron chi connectivity index (χ2n) is 9.51. The van der Waals surface area contributed by atoms with Crippen molar-refractivity contribution in [2.45, 2.75) is 31.8 Å². The van der Waals surface area contributed by atoms with E-state index < -0.39 is 40.5 Å². The molecule has 1 saturated heterocycles. The minimum atomic E-state index is -1.30. The molecule has 0 spiro atoms. The lowest BCUT2D eigenvalue weighted by atomic mass is 9.74. The number of aromatic nitrogens is 1. The topological polar surface area (TPSA) is 75.0 Å². The molecule has 1 aliphatic heterocycles. The van der Waals surface area contributed by atoms with Gasteiger partial charge in [-0.15, -0.1) is 0 Å². The molecule has 1 fully saturated rings. The maximum Gasteiger partial charge on any atom is 0.200 e. The summed E-state index contributed by atoms with van der Waals surface area (Å²) in [7, 11) is 1.51. The zero-order chi connectivity index (χ0) is 26.6. The third kappa shape index (κ3) is 6.14. The molecule has 2 aromatic carbocycles. The lowest BCUT2D eigenvalue weighted by molar-refractivity contribution is 0.0200. The lowest BCUT2D eigenvalue weighted by Gasteiger charge is -2.41. The molecule has 200 valence electrons. The van der Waals surface area contributed by atoms with Crippen LogP contribution in [0, 0.1) is 28.7 Å². The van der Waals surface area contributed by atoms with Crippen molar-refractivity contribution in [1.29, 1.82) is 0 Å². The van der Waals surface area contributed by atoms with Gasteiger partial charge in [0.05, 0.1) is 24.9 Å². The van der Waals surface area contributed by atoms with Crippen LogP contribution in [0.3, 0.4) is 0 Å². The largest absolute Gasteiger partial charge is 0.497 e. The minimum Gasteiger partial charge on any atom is -0.497 e. The van der Waals surface area contributed by atoms with Crippen LogP contribution >= 0.6 is 0 Å². The monoisotopic (exact) mass is 522 g/mol. The number of ether oxygens (including phenoxy) is 2. The summed E-state index contributed by atoms with van der Waals surface area (Å²) in [4.78, 5) is 6.14. The number of hydrogen-bond acceptors (Lipinski definition) is 6. The number of likely N-dealkylation sites (tertiary alicyclic amines) is 1. The Morgan fingerprint density at radius 3 is 2.54 bits per heavy atom. The van der Waals surface area contributed by atoms with Gasteiger partial charge in [-0.1, -0.05) is 0 Å². The highest BCUT2D eigenvalue weighted by Crippen LogP contribution is 2.39. The normalized spacial score (nSPS) is 16.6. The summed E-state index contributed by atoms with van der Waals surface area (Å²) in [5.41, 5.74) is 0.268. The van der Waals surface area contributed by atoms with Crippen LogP contribution in [0.15, 0.2) is 36.5 Å². The van der Waals surface area contributed by atoms with Crippen molar-refractivity contribution in [3.05, 3.63) is 65.4 Å². The number of piperidine rings is 1. The maximum absolute atomic E-state index is 14.7. The summed E-state index contributed by atoms with van der Waals surface area (Å²) in [6, 6.07) is 6.34. The lowest BCUT2D eigenvalue weighted by Crippen LogP contribution is -2.43. The van der Waals surface area contributed by atoms with Gasteiger partial charge in [0.1, 0.15) is 24.0 Å². The van der Waals surface area contributed by atoms with Crippen LogP contribution in [-0.4, -0.2) is 60.1 Å². The molecule has 1 aromatic heterocycles. The van der Waals surface area contributed by atoms with Gasteiger partial charge in [-0.05, 0) is 62.4 Å². The Balaban J connectivity index is 1.33. The maximum atomic E-state index is 14.7. The molecule has 3 aromatic rings. The predicted molar refractivity (Wildman–Crippen MR) is 129 cm³/mol. The molecule has 37 heavy (non-hydrogen) atoms. The number of hydrogen-bond donors (Lipinski definition) is 2. The first-order chi connectivity index (χ1) is 17.7. The Bertz CT molecular complexity index is 1230. The van der Waals surface area contributed by atoms with E-state index in [4.69, 9.17) is 9.47 Å². The Morgan fingerprint density at radius 2 is 1.84 bits per heavy atom. The van der Waals surface area contributed by atoms with Crippen LogP contribution in [0.2, 0.25) is 0 Å². The van der Waals surface area contributed by atoms with E-state index in [9.17, 15) is 27.8 Å². The third-order valence-electron chi connectivity index (χ3n) is 7.23. The molecule has 2 heterocycles. The smallest absolute Gasteiger partial charge is 0.200 e. The molecule has 2 N–H and O–H groups in total. The second kappa shape index (κ2) is 11.6. The minimum absolute atomic E-state index is 0.0442. The predicted octanol–water partition coefficient (Wildman–Crippen LogP) is 4.77. The second-order valence-corrected chi connectivity index (χ2v) is 9.51. The molecule has 10 heteroatoms. The highest BCUT2D eigenvalue weighted by atomic mass is 19.2. The molecule has 0 aliphatic carbocycles. The first-order valence-electron chi connectivity index (χ1n) is 12.2. The number of rotatable bonds is 10. The van der Waals surface area contributed by atoms with Gasteiger partial charge in [0.15, 0.2) is 11.6 Å². The fraction of sp³-hybridized carbons (Fsp3) is 0.444. The molecule has 0 bridgehead atoms. The molecule has 0 radical (unpaired) electrons. The fourth-order valence-electron chi connectivity index (χ4n) is 4.88. The standard InChI is InChI=1S/C27H30F4N2O4/c1-36-18-2-3-22-19(14-18)25(21(30)15-32-22)23(35)4-5-27(16-34)6-8-33(9-7-27)10-11-37-24-13-17(28)12-20(29)26(24)31/h2-3,12-15,23,34-35H,4-11,16H2,1H3/t23-/m1/s1. The Kier molecular flexibility index (Phi) is 8.51. The van der Waals surface area contributed by atoms with Gasteiger partial charge >= 0.3 is 0 Å². The average molecular weight is 523 g/mol. The summed E-state index contributed by atoms with van der Waals surface area (Å²) in [6.07, 6.45) is 2.00. The van der Waals surface area contributed by atoms with Crippen LogP contribution < -0.4 is 9.47 Å². The van der Waals surface area contributed by atoms with E-state index in [1.807, 2.05) is 0 Å². The van der Waals surface area contributed by atoms with Crippen molar-refractivity contribution in [2.75, 3.05) is 40.0 Å². The van der Waals surface area contributed by atoms with E-state index >= 15 is 0 Å². The van der Waals surface area contributed by atoms with Crippen LogP contribution in [0.5, 0.6) is 11.5 Å². The number of aliphatic hydroxyl groups excluding tert-OH is 2. The zero-order valence-corrected chi connectivity index (χ0v) is 20.5. The average Bonchev–Trinajstić information content (AvgIpc) is 2.90. The third-order valence-corrected chi connectivity index (χ3v) is 7.23. The van der Waals surface area contributed by atoms with Gasteiger partial charge in [-0.3, -0.25) is 9.88 Å². The van der Waals surface area contributed by atoms with Gasteiger partial charge in [0, 0.05) is 36.2 Å². The van der Waals surface area contributed by atoms with Crippen molar-refractivity contribution >= 4 is 10.9 Å². The quantitative estimate of drug-likeness (QED) is 0.295. The summed E-state index contributed by atoms with van der Waals surface area (Å²) in [5, 5.41) is 21.6. The van der Waals surface area contributed by atoms with Crippen LogP contribution in [-0.2, 0) is 0 Å². The number of methoxy groups -OCH3 is 1. The van der Waals surface area contributed by atoms with Crippen LogP contribution in [0.4, 0.5) is 17.6 Å².